The van der Waals surface area contributed by atoms with E-state index in [-0.39, 0.29) is 0 Å². The Labute approximate surface area is 102 Å². The number of hydrogen-bond acceptors (Lipinski definition) is 6. The predicted octanol–water partition coefficient (Wildman–Crippen LogP) is -0.798. The number of rotatable bonds is 6. The van der Waals surface area contributed by atoms with Crippen molar-refractivity contribution < 1.29 is 24.9 Å². The van der Waals surface area contributed by atoms with Crippen LogP contribution in [0.4, 0.5) is 0 Å². The second kappa shape index (κ2) is 5.97. The van der Waals surface area contributed by atoms with Crippen LogP contribution in [-0.4, -0.2) is 53.7 Å². The Hall–Kier alpha value is -1.15. The molecule has 0 atom stereocenters. The average Bonchev–Trinajstić information content (AvgIpc) is 2.85. The molecule has 6 nitrogen and oxygen atoms in total. The first kappa shape index (κ1) is 13.9. The van der Waals surface area contributed by atoms with Crippen LogP contribution in [0.3, 0.4) is 0 Å². The Morgan fingerprint density at radius 3 is 2.41 bits per heavy atom. The smallest absolute Gasteiger partial charge is 0.262 e. The van der Waals surface area contributed by atoms with Gasteiger partial charge >= 0.3 is 0 Å². The minimum absolute atomic E-state index is 0.376. The monoisotopic (exact) mass is 261 g/mol. The number of carbonyl (C=O) groups excluding carboxylic acids is 1. The quantitative estimate of drug-likeness (QED) is 0.537. The van der Waals surface area contributed by atoms with Crippen molar-refractivity contribution in [2.45, 2.75) is 5.54 Å². The molecule has 4 N–H and O–H groups in total. The first-order chi connectivity index (χ1) is 8.10. The zero-order valence-corrected chi connectivity index (χ0v) is 10.2. The van der Waals surface area contributed by atoms with Gasteiger partial charge < -0.3 is 25.4 Å². The highest BCUT2D eigenvalue weighted by Crippen LogP contribution is 2.21. The molecule has 0 aliphatic carbocycles. The van der Waals surface area contributed by atoms with Gasteiger partial charge in [-0.05, 0) is 0 Å². The number of hydrogen-bond donors (Lipinski definition) is 4. The number of aliphatic hydroxyl groups excluding tert-OH is 3. The van der Waals surface area contributed by atoms with E-state index in [9.17, 15) is 4.79 Å². The molecule has 0 aromatic carbocycles. The largest absolute Gasteiger partial charge is 0.496 e. The fourth-order valence-electron chi connectivity index (χ4n) is 1.12. The highest BCUT2D eigenvalue weighted by Gasteiger charge is 2.30. The summed E-state index contributed by atoms with van der Waals surface area (Å²) < 4.78 is 4.94. The highest BCUT2D eigenvalue weighted by atomic mass is 32.1. The topological polar surface area (TPSA) is 99.0 Å². The van der Waals surface area contributed by atoms with Crippen LogP contribution in [0.25, 0.3) is 0 Å². The van der Waals surface area contributed by atoms with Crippen LogP contribution in [0.1, 0.15) is 9.67 Å². The maximum atomic E-state index is 11.8. The molecule has 0 saturated heterocycles. The summed E-state index contributed by atoms with van der Waals surface area (Å²) in [5.74, 6) is 0.0817. The molecule has 0 radical (unpaired) electrons. The minimum atomic E-state index is -1.41. The molecule has 1 rings (SSSR count). The van der Waals surface area contributed by atoms with Gasteiger partial charge in [0.2, 0.25) is 0 Å². The van der Waals surface area contributed by atoms with Gasteiger partial charge in [-0.3, -0.25) is 4.79 Å². The second-order valence-corrected chi connectivity index (χ2v) is 4.47. The van der Waals surface area contributed by atoms with Gasteiger partial charge in [0.25, 0.3) is 5.91 Å². The van der Waals surface area contributed by atoms with Crippen molar-refractivity contribution in [1.29, 1.82) is 0 Å². The van der Waals surface area contributed by atoms with Gasteiger partial charge in [-0.1, -0.05) is 0 Å². The van der Waals surface area contributed by atoms with Crippen LogP contribution < -0.4 is 10.1 Å². The summed E-state index contributed by atoms with van der Waals surface area (Å²) in [6.07, 6.45) is 0. The van der Waals surface area contributed by atoms with E-state index in [0.717, 1.165) is 0 Å². The number of ether oxygens (including phenoxy) is 1. The summed E-state index contributed by atoms with van der Waals surface area (Å²) >= 11 is 1.17. The van der Waals surface area contributed by atoms with Crippen LogP contribution in [-0.2, 0) is 0 Å². The first-order valence-electron chi connectivity index (χ1n) is 4.88. The fraction of sp³-hybridized carbons (Fsp3) is 0.500. The van der Waals surface area contributed by atoms with Crippen LogP contribution >= 0.6 is 11.3 Å². The SMILES string of the molecule is COc1csc(C(=O)NC(CO)(CO)CO)c1. The standard InChI is InChI=1S/C10H15NO5S/c1-16-7-2-8(17-3-7)9(15)11-10(4-12,5-13)6-14/h2-3,12-14H,4-6H2,1H3,(H,11,15). The maximum absolute atomic E-state index is 11.8. The lowest BCUT2D eigenvalue weighted by Crippen LogP contribution is -2.56. The lowest BCUT2D eigenvalue weighted by Gasteiger charge is -2.28. The van der Waals surface area contributed by atoms with E-state index in [2.05, 4.69) is 5.32 Å². The molecular formula is C10H15NO5S. The van der Waals surface area contributed by atoms with Crippen molar-refractivity contribution in [2.24, 2.45) is 0 Å². The predicted molar refractivity (Wildman–Crippen MR) is 62.3 cm³/mol. The van der Waals surface area contributed by atoms with Crippen LogP contribution in [0, 0.1) is 0 Å². The average molecular weight is 261 g/mol. The number of nitrogens with one attached hydrogen (secondary N) is 1. The normalized spacial score (nSPS) is 11.3. The van der Waals surface area contributed by atoms with Crippen molar-refractivity contribution in [3.63, 3.8) is 0 Å². The van der Waals surface area contributed by atoms with E-state index in [1.165, 1.54) is 24.5 Å². The van der Waals surface area contributed by atoms with Crippen molar-refractivity contribution >= 4 is 17.2 Å². The lowest BCUT2D eigenvalue weighted by atomic mass is 10.0. The molecule has 1 amide bonds. The summed E-state index contributed by atoms with van der Waals surface area (Å²) in [5.41, 5.74) is -1.41. The van der Waals surface area contributed by atoms with Gasteiger partial charge in [-0.15, -0.1) is 11.3 Å². The number of carbonyl (C=O) groups is 1. The van der Waals surface area contributed by atoms with E-state index >= 15 is 0 Å². The third-order valence-corrected chi connectivity index (χ3v) is 3.23. The van der Waals surface area contributed by atoms with Crippen LogP contribution in [0.2, 0.25) is 0 Å². The first-order valence-corrected chi connectivity index (χ1v) is 5.76. The number of amides is 1. The van der Waals surface area contributed by atoms with Crippen LogP contribution in [0.15, 0.2) is 11.4 Å². The molecule has 0 aliphatic heterocycles. The molecule has 7 heteroatoms. The summed E-state index contributed by atoms with van der Waals surface area (Å²) in [6.45, 7) is -1.64. The summed E-state index contributed by atoms with van der Waals surface area (Å²) in [7, 11) is 1.49. The molecule has 1 heterocycles. The molecule has 0 saturated carbocycles. The Bertz CT molecular complexity index is 366. The highest BCUT2D eigenvalue weighted by molar-refractivity contribution is 7.12. The second-order valence-electron chi connectivity index (χ2n) is 3.56. The van der Waals surface area contributed by atoms with Crippen molar-refractivity contribution in [2.75, 3.05) is 26.9 Å². The summed E-state index contributed by atoms with van der Waals surface area (Å²) in [5, 5.41) is 31.3. The molecule has 0 spiro atoms. The molecule has 0 fully saturated rings. The number of aliphatic hydroxyl groups is 3. The molecule has 0 aliphatic rings. The van der Waals surface area contributed by atoms with Gasteiger partial charge in [-0.25, -0.2) is 0 Å². The lowest BCUT2D eigenvalue weighted by molar-refractivity contribution is 0.0377. The van der Waals surface area contributed by atoms with Gasteiger partial charge in [0.05, 0.1) is 31.8 Å². The number of thiophene rings is 1. The van der Waals surface area contributed by atoms with Gasteiger partial charge in [-0.2, -0.15) is 0 Å². The Morgan fingerprint density at radius 1 is 1.41 bits per heavy atom. The fourth-order valence-corrected chi connectivity index (χ4v) is 1.87. The van der Waals surface area contributed by atoms with Gasteiger partial charge in [0, 0.05) is 11.4 Å². The van der Waals surface area contributed by atoms with E-state index in [1.807, 2.05) is 0 Å². The third kappa shape index (κ3) is 3.16. The van der Waals surface area contributed by atoms with Gasteiger partial charge in [0.1, 0.15) is 11.3 Å². The Balaban J connectivity index is 2.77. The van der Waals surface area contributed by atoms with E-state index in [0.29, 0.717) is 10.6 Å². The third-order valence-electron chi connectivity index (χ3n) is 2.32. The number of methoxy groups -OCH3 is 1. The maximum Gasteiger partial charge on any atom is 0.262 e. The zero-order chi connectivity index (χ0) is 12.9. The molecule has 0 unspecified atom stereocenters. The molecule has 96 valence electrons. The van der Waals surface area contributed by atoms with Crippen molar-refractivity contribution in [3.8, 4) is 5.75 Å². The van der Waals surface area contributed by atoms with Gasteiger partial charge in [0.15, 0.2) is 0 Å². The molecule has 17 heavy (non-hydrogen) atoms. The molecule has 1 aromatic heterocycles. The Morgan fingerprint density at radius 2 is 2.00 bits per heavy atom. The van der Waals surface area contributed by atoms with Crippen LogP contribution in [0.5, 0.6) is 5.75 Å². The van der Waals surface area contributed by atoms with E-state index < -0.39 is 31.3 Å². The zero-order valence-electron chi connectivity index (χ0n) is 9.34. The summed E-state index contributed by atoms with van der Waals surface area (Å²) in [4.78, 5) is 12.2. The molecular weight excluding hydrogens is 246 g/mol. The van der Waals surface area contributed by atoms with E-state index in [4.69, 9.17) is 20.1 Å². The molecule has 0 bridgehead atoms. The molecule has 1 aromatic rings. The Kier molecular flexibility index (Phi) is 4.88. The van der Waals surface area contributed by atoms with Crippen molar-refractivity contribution in [1.82, 2.24) is 5.32 Å². The van der Waals surface area contributed by atoms with E-state index in [1.54, 1.807) is 5.38 Å². The minimum Gasteiger partial charge on any atom is -0.496 e. The van der Waals surface area contributed by atoms with Crippen molar-refractivity contribution in [3.05, 3.63) is 16.3 Å². The summed E-state index contributed by atoms with van der Waals surface area (Å²) in [6, 6.07) is 1.54.